The summed E-state index contributed by atoms with van der Waals surface area (Å²) in [6.07, 6.45) is 0.857. The van der Waals surface area contributed by atoms with Gasteiger partial charge in [0, 0.05) is 10.7 Å². The van der Waals surface area contributed by atoms with Gasteiger partial charge >= 0.3 is 0 Å². The number of nitrogens with zero attached hydrogens (tertiary/aromatic N) is 2. The number of para-hydroxylation sites is 1. The van der Waals surface area contributed by atoms with Gasteiger partial charge in [-0.1, -0.05) is 48.5 Å². The van der Waals surface area contributed by atoms with Crippen molar-refractivity contribution >= 4 is 35.0 Å². The van der Waals surface area contributed by atoms with Crippen LogP contribution in [-0.2, 0) is 11.2 Å². The Morgan fingerprint density at radius 2 is 2.14 bits per heavy atom. The number of halogens is 1. The first-order chi connectivity index (χ1) is 13.5. The molecule has 2 N–H and O–H groups in total. The summed E-state index contributed by atoms with van der Waals surface area (Å²) in [6, 6.07) is 11.3. The predicted molar refractivity (Wildman–Crippen MR) is 113 cm³/mol. The van der Waals surface area contributed by atoms with Crippen molar-refractivity contribution in [3.05, 3.63) is 52.5 Å². The van der Waals surface area contributed by atoms with E-state index in [4.69, 9.17) is 16.3 Å². The number of ether oxygens (including phenoxy) is 1. The Morgan fingerprint density at radius 3 is 2.89 bits per heavy atom. The van der Waals surface area contributed by atoms with Crippen LogP contribution in [0.4, 0.5) is 5.69 Å². The van der Waals surface area contributed by atoms with E-state index >= 15 is 0 Å². The Kier molecular flexibility index (Phi) is 6.59. The number of carbonyl (C=O) groups is 1. The SMILES string of the molecule is CCc1cccc(C)c1NC(=O)CSc1n[nH]c(-c2cc(Cl)ccc2OC)n1. The minimum atomic E-state index is -0.0966. The third kappa shape index (κ3) is 4.66. The van der Waals surface area contributed by atoms with E-state index in [1.54, 1.807) is 25.3 Å². The molecule has 0 bridgehead atoms. The summed E-state index contributed by atoms with van der Waals surface area (Å²) in [6.45, 7) is 4.06. The fourth-order valence-electron chi connectivity index (χ4n) is 2.80. The summed E-state index contributed by atoms with van der Waals surface area (Å²) in [4.78, 5) is 16.8. The lowest BCUT2D eigenvalue weighted by atomic mass is 10.1. The van der Waals surface area contributed by atoms with Crippen LogP contribution in [0.2, 0.25) is 5.02 Å². The van der Waals surface area contributed by atoms with Crippen LogP contribution in [0.15, 0.2) is 41.6 Å². The lowest BCUT2D eigenvalue weighted by Gasteiger charge is -2.12. The van der Waals surface area contributed by atoms with Crippen molar-refractivity contribution in [3.8, 4) is 17.1 Å². The summed E-state index contributed by atoms with van der Waals surface area (Å²) >= 11 is 7.33. The van der Waals surface area contributed by atoms with Crippen LogP contribution in [0, 0.1) is 6.92 Å². The van der Waals surface area contributed by atoms with E-state index in [1.807, 2.05) is 25.1 Å². The first-order valence-electron chi connectivity index (χ1n) is 8.79. The molecule has 0 saturated carbocycles. The minimum Gasteiger partial charge on any atom is -0.496 e. The van der Waals surface area contributed by atoms with E-state index < -0.39 is 0 Å². The molecule has 0 aliphatic carbocycles. The predicted octanol–water partition coefficient (Wildman–Crippen LogP) is 4.74. The van der Waals surface area contributed by atoms with E-state index in [0.717, 1.165) is 23.2 Å². The number of benzene rings is 2. The van der Waals surface area contributed by atoms with Crippen molar-refractivity contribution in [2.75, 3.05) is 18.2 Å². The first-order valence-corrected chi connectivity index (χ1v) is 10.2. The number of methoxy groups -OCH3 is 1. The molecular formula is C20H21ClN4O2S. The smallest absolute Gasteiger partial charge is 0.234 e. The Bertz CT molecular complexity index is 990. The molecule has 146 valence electrons. The molecule has 0 spiro atoms. The number of rotatable bonds is 7. The molecule has 0 fully saturated rings. The third-order valence-corrected chi connectivity index (χ3v) is 5.30. The van der Waals surface area contributed by atoms with E-state index in [9.17, 15) is 4.79 Å². The monoisotopic (exact) mass is 416 g/mol. The summed E-state index contributed by atoms with van der Waals surface area (Å²) in [5, 5.41) is 11.1. The van der Waals surface area contributed by atoms with Crippen LogP contribution < -0.4 is 10.1 Å². The number of thioether (sulfide) groups is 1. The van der Waals surface area contributed by atoms with Gasteiger partial charge in [0.1, 0.15) is 5.75 Å². The molecule has 1 amide bonds. The fourth-order valence-corrected chi connectivity index (χ4v) is 3.57. The molecule has 3 aromatic rings. The second kappa shape index (κ2) is 9.12. The molecule has 3 rings (SSSR count). The molecule has 0 atom stereocenters. The molecule has 28 heavy (non-hydrogen) atoms. The number of H-pyrrole nitrogens is 1. The van der Waals surface area contributed by atoms with Gasteiger partial charge in [0.2, 0.25) is 11.1 Å². The molecular weight excluding hydrogens is 396 g/mol. The van der Waals surface area contributed by atoms with E-state index in [2.05, 4.69) is 27.4 Å². The van der Waals surface area contributed by atoms with Crippen LogP contribution in [0.3, 0.4) is 0 Å². The molecule has 0 saturated heterocycles. The summed E-state index contributed by atoms with van der Waals surface area (Å²) in [5.74, 6) is 1.29. The Hall–Kier alpha value is -2.51. The number of aryl methyl sites for hydroxylation is 2. The lowest BCUT2D eigenvalue weighted by molar-refractivity contribution is -0.113. The number of carbonyl (C=O) groups excluding carboxylic acids is 1. The average molecular weight is 417 g/mol. The number of aromatic amines is 1. The standard InChI is InChI=1S/C20H21ClN4O2S/c1-4-13-7-5-6-12(2)18(13)22-17(26)11-28-20-23-19(24-25-20)15-10-14(21)8-9-16(15)27-3/h5-10H,4,11H2,1-3H3,(H,22,26)(H,23,24,25). The normalized spacial score (nSPS) is 10.7. The lowest BCUT2D eigenvalue weighted by Crippen LogP contribution is -2.16. The zero-order valence-corrected chi connectivity index (χ0v) is 17.4. The molecule has 2 aromatic carbocycles. The van der Waals surface area contributed by atoms with Gasteiger partial charge in [-0.15, -0.1) is 5.10 Å². The third-order valence-electron chi connectivity index (χ3n) is 4.22. The number of hydrogen-bond donors (Lipinski definition) is 2. The maximum absolute atomic E-state index is 12.4. The van der Waals surface area contributed by atoms with Crippen molar-refractivity contribution < 1.29 is 9.53 Å². The van der Waals surface area contributed by atoms with Crippen LogP contribution in [0.5, 0.6) is 5.75 Å². The number of nitrogens with one attached hydrogen (secondary N) is 2. The number of amides is 1. The van der Waals surface area contributed by atoms with Crippen LogP contribution in [-0.4, -0.2) is 34.0 Å². The summed E-state index contributed by atoms with van der Waals surface area (Å²) in [7, 11) is 1.58. The summed E-state index contributed by atoms with van der Waals surface area (Å²) in [5.41, 5.74) is 3.76. The van der Waals surface area contributed by atoms with Crippen molar-refractivity contribution in [2.24, 2.45) is 0 Å². The molecule has 0 unspecified atom stereocenters. The Labute approximate surface area is 173 Å². The zero-order chi connectivity index (χ0) is 20.1. The van der Waals surface area contributed by atoms with Gasteiger partial charge in [0.15, 0.2) is 5.82 Å². The highest BCUT2D eigenvalue weighted by molar-refractivity contribution is 7.99. The highest BCUT2D eigenvalue weighted by atomic mass is 35.5. The molecule has 0 radical (unpaired) electrons. The van der Waals surface area contributed by atoms with Gasteiger partial charge in [-0.2, -0.15) is 0 Å². The van der Waals surface area contributed by atoms with Crippen LogP contribution in [0.25, 0.3) is 11.4 Å². The largest absolute Gasteiger partial charge is 0.496 e. The van der Waals surface area contributed by atoms with Gasteiger partial charge in [0.25, 0.3) is 0 Å². The van der Waals surface area contributed by atoms with Gasteiger partial charge in [-0.05, 0) is 42.7 Å². The van der Waals surface area contributed by atoms with Gasteiger partial charge in [0.05, 0.1) is 18.4 Å². The van der Waals surface area contributed by atoms with Crippen LogP contribution in [0.1, 0.15) is 18.1 Å². The minimum absolute atomic E-state index is 0.0966. The molecule has 1 aromatic heterocycles. The van der Waals surface area contributed by atoms with E-state index in [0.29, 0.717) is 27.3 Å². The van der Waals surface area contributed by atoms with Crippen molar-refractivity contribution in [2.45, 2.75) is 25.4 Å². The number of aromatic nitrogens is 3. The quantitative estimate of drug-likeness (QED) is 0.544. The van der Waals surface area contributed by atoms with Crippen molar-refractivity contribution in [1.29, 1.82) is 0 Å². The zero-order valence-electron chi connectivity index (χ0n) is 15.9. The van der Waals surface area contributed by atoms with Gasteiger partial charge in [-0.25, -0.2) is 4.98 Å². The van der Waals surface area contributed by atoms with Gasteiger partial charge in [-0.3, -0.25) is 9.89 Å². The highest BCUT2D eigenvalue weighted by Gasteiger charge is 2.14. The molecule has 1 heterocycles. The number of anilines is 1. The highest BCUT2D eigenvalue weighted by Crippen LogP contribution is 2.31. The fraction of sp³-hybridized carbons (Fsp3) is 0.250. The Morgan fingerprint density at radius 1 is 1.32 bits per heavy atom. The van der Waals surface area contributed by atoms with Crippen molar-refractivity contribution in [1.82, 2.24) is 15.2 Å². The maximum atomic E-state index is 12.4. The number of hydrogen-bond acceptors (Lipinski definition) is 5. The average Bonchev–Trinajstić information content (AvgIpc) is 3.17. The maximum Gasteiger partial charge on any atom is 0.234 e. The second-order valence-corrected chi connectivity index (χ2v) is 7.49. The topological polar surface area (TPSA) is 79.9 Å². The molecule has 0 aliphatic rings. The van der Waals surface area contributed by atoms with E-state index in [1.165, 1.54) is 11.8 Å². The van der Waals surface area contributed by atoms with Gasteiger partial charge < -0.3 is 10.1 Å². The first kappa shape index (κ1) is 20.2. The summed E-state index contributed by atoms with van der Waals surface area (Å²) < 4.78 is 5.34. The molecule has 8 heteroatoms. The van der Waals surface area contributed by atoms with E-state index in [-0.39, 0.29) is 11.7 Å². The Balaban J connectivity index is 1.67. The second-order valence-electron chi connectivity index (χ2n) is 6.11. The van der Waals surface area contributed by atoms with Crippen molar-refractivity contribution in [3.63, 3.8) is 0 Å². The van der Waals surface area contributed by atoms with Crippen LogP contribution >= 0.6 is 23.4 Å². The molecule has 0 aliphatic heterocycles. The molecule has 6 nitrogen and oxygen atoms in total.